The molecule has 0 aliphatic carbocycles. The van der Waals surface area contributed by atoms with E-state index >= 15 is 0 Å². The summed E-state index contributed by atoms with van der Waals surface area (Å²) in [6, 6.07) is 16.4. The first-order valence-corrected chi connectivity index (χ1v) is 9.15. The van der Waals surface area contributed by atoms with Gasteiger partial charge in [0.05, 0.1) is 16.9 Å². The summed E-state index contributed by atoms with van der Waals surface area (Å²) in [7, 11) is 1.59. The van der Waals surface area contributed by atoms with Crippen molar-refractivity contribution >= 4 is 45.5 Å². The van der Waals surface area contributed by atoms with Crippen LogP contribution in [0.2, 0.25) is 0 Å². The van der Waals surface area contributed by atoms with E-state index in [1.165, 1.54) is 6.21 Å². The van der Waals surface area contributed by atoms with Crippen LogP contribution in [-0.2, 0) is 4.79 Å². The van der Waals surface area contributed by atoms with E-state index in [1.807, 2.05) is 36.4 Å². The molecule has 27 heavy (non-hydrogen) atoms. The van der Waals surface area contributed by atoms with E-state index in [1.54, 1.807) is 25.3 Å². The summed E-state index contributed by atoms with van der Waals surface area (Å²) in [4.78, 5) is 12.0. The van der Waals surface area contributed by atoms with Crippen LogP contribution in [0.3, 0.4) is 0 Å². The van der Waals surface area contributed by atoms with Gasteiger partial charge in [-0.3, -0.25) is 4.79 Å². The van der Waals surface area contributed by atoms with Crippen LogP contribution < -0.4 is 14.9 Å². The van der Waals surface area contributed by atoms with E-state index in [0.29, 0.717) is 11.3 Å². The zero-order valence-corrected chi connectivity index (χ0v) is 16.6. The largest absolute Gasteiger partial charge is 0.507 e. The number of methoxy groups -OCH3 is 1. The average molecular weight is 476 g/mol. The van der Waals surface area contributed by atoms with E-state index < -0.39 is 5.91 Å². The van der Waals surface area contributed by atoms with Gasteiger partial charge in [-0.05, 0) is 57.6 Å². The fraction of sp³-hybridized carbons (Fsp3) is 0.100. The monoisotopic (exact) mass is 476 g/mol. The molecular formula is C20H17IN2O4. The van der Waals surface area contributed by atoms with Crippen LogP contribution in [0, 0.1) is 3.57 Å². The maximum atomic E-state index is 12.0. The molecule has 6 nitrogen and oxygen atoms in total. The molecule has 2 N–H and O–H groups in total. The van der Waals surface area contributed by atoms with Crippen molar-refractivity contribution in [2.24, 2.45) is 5.10 Å². The Labute approximate surface area is 169 Å². The van der Waals surface area contributed by atoms with Crippen LogP contribution in [0.4, 0.5) is 0 Å². The van der Waals surface area contributed by atoms with Crippen molar-refractivity contribution in [2.45, 2.75) is 0 Å². The van der Waals surface area contributed by atoms with Crippen LogP contribution in [0.5, 0.6) is 17.2 Å². The van der Waals surface area contributed by atoms with E-state index in [2.05, 4.69) is 33.1 Å². The second-order valence-electron chi connectivity index (χ2n) is 5.60. The van der Waals surface area contributed by atoms with Crippen LogP contribution in [0.25, 0.3) is 10.8 Å². The van der Waals surface area contributed by atoms with E-state index in [0.717, 1.165) is 20.1 Å². The molecule has 3 rings (SSSR count). The van der Waals surface area contributed by atoms with Crippen molar-refractivity contribution in [3.63, 3.8) is 0 Å². The standard InChI is InChI=1S/C20H17IN2O4/c1-26-14-7-9-19(17(21)10-14)27-12-20(25)23-22-11-16-15-5-3-2-4-13(15)6-8-18(16)24/h2-11,24H,12H2,1H3,(H,23,25)/b22-11-. The van der Waals surface area contributed by atoms with Crippen molar-refractivity contribution in [3.8, 4) is 17.2 Å². The molecule has 7 heteroatoms. The highest BCUT2D eigenvalue weighted by Gasteiger charge is 2.07. The van der Waals surface area contributed by atoms with Gasteiger partial charge in [-0.15, -0.1) is 0 Å². The minimum Gasteiger partial charge on any atom is -0.507 e. The van der Waals surface area contributed by atoms with Crippen molar-refractivity contribution in [1.29, 1.82) is 0 Å². The average Bonchev–Trinajstić information content (AvgIpc) is 2.68. The Morgan fingerprint density at radius 1 is 1.22 bits per heavy atom. The highest BCUT2D eigenvalue weighted by Crippen LogP contribution is 2.26. The fourth-order valence-corrected chi connectivity index (χ4v) is 3.13. The first kappa shape index (κ1) is 19.0. The number of hydrogen-bond acceptors (Lipinski definition) is 5. The van der Waals surface area contributed by atoms with Gasteiger partial charge in [0.25, 0.3) is 5.91 Å². The Morgan fingerprint density at radius 3 is 2.81 bits per heavy atom. The third-order valence-corrected chi connectivity index (χ3v) is 4.67. The number of phenolic OH excluding ortho intramolecular Hbond substituents is 1. The van der Waals surface area contributed by atoms with Gasteiger partial charge < -0.3 is 14.6 Å². The molecule has 0 atom stereocenters. The lowest BCUT2D eigenvalue weighted by Crippen LogP contribution is -2.24. The zero-order chi connectivity index (χ0) is 19.2. The van der Waals surface area contributed by atoms with E-state index in [4.69, 9.17) is 9.47 Å². The molecule has 0 aliphatic heterocycles. The van der Waals surface area contributed by atoms with Crippen LogP contribution >= 0.6 is 22.6 Å². The van der Waals surface area contributed by atoms with Crippen LogP contribution in [-0.4, -0.2) is 30.9 Å². The number of nitrogens with zero attached hydrogens (tertiary/aromatic N) is 1. The summed E-state index contributed by atoms with van der Waals surface area (Å²) in [5.41, 5.74) is 2.94. The molecule has 0 fully saturated rings. The predicted molar refractivity (Wildman–Crippen MR) is 113 cm³/mol. The van der Waals surface area contributed by atoms with Gasteiger partial charge in [0.1, 0.15) is 17.2 Å². The van der Waals surface area contributed by atoms with Crippen molar-refractivity contribution < 1.29 is 19.4 Å². The molecule has 3 aromatic carbocycles. The first-order chi connectivity index (χ1) is 13.1. The summed E-state index contributed by atoms with van der Waals surface area (Å²) < 4.78 is 11.5. The predicted octanol–water partition coefficient (Wildman–Crippen LogP) is 3.69. The topological polar surface area (TPSA) is 80.2 Å². The number of carbonyl (C=O) groups excluding carboxylic acids is 1. The second-order valence-corrected chi connectivity index (χ2v) is 6.76. The molecule has 0 spiro atoms. The molecule has 138 valence electrons. The maximum absolute atomic E-state index is 12.0. The Hall–Kier alpha value is -2.81. The number of benzene rings is 3. The van der Waals surface area contributed by atoms with Gasteiger partial charge in [-0.2, -0.15) is 5.10 Å². The number of halogens is 1. The maximum Gasteiger partial charge on any atom is 0.277 e. The van der Waals surface area contributed by atoms with E-state index in [-0.39, 0.29) is 12.4 Å². The molecule has 0 saturated heterocycles. The first-order valence-electron chi connectivity index (χ1n) is 8.07. The summed E-state index contributed by atoms with van der Waals surface area (Å²) in [6.45, 7) is -0.179. The van der Waals surface area contributed by atoms with E-state index in [9.17, 15) is 9.90 Å². The van der Waals surface area contributed by atoms with Gasteiger partial charge >= 0.3 is 0 Å². The minimum absolute atomic E-state index is 0.0933. The third-order valence-electron chi connectivity index (χ3n) is 3.83. The number of hydrazone groups is 1. The van der Waals surface area contributed by atoms with Crippen molar-refractivity contribution in [3.05, 3.63) is 63.7 Å². The number of phenols is 1. The normalized spacial score (nSPS) is 10.9. The lowest BCUT2D eigenvalue weighted by atomic mass is 10.0. The number of aromatic hydroxyl groups is 1. The van der Waals surface area contributed by atoms with Gasteiger partial charge in [-0.25, -0.2) is 5.43 Å². The molecule has 0 aromatic heterocycles. The SMILES string of the molecule is COc1ccc(OCC(=O)N/N=C\c2c(O)ccc3ccccc23)c(I)c1. The minimum atomic E-state index is -0.405. The fourth-order valence-electron chi connectivity index (χ4n) is 2.49. The number of rotatable bonds is 6. The smallest absolute Gasteiger partial charge is 0.277 e. The number of fused-ring (bicyclic) bond motifs is 1. The Kier molecular flexibility index (Phi) is 6.12. The Morgan fingerprint density at radius 2 is 2.04 bits per heavy atom. The summed E-state index contributed by atoms with van der Waals surface area (Å²) >= 11 is 2.11. The summed E-state index contributed by atoms with van der Waals surface area (Å²) in [5.74, 6) is 0.992. The quantitative estimate of drug-likeness (QED) is 0.323. The number of ether oxygens (including phenoxy) is 2. The Bertz CT molecular complexity index is 1000. The summed E-state index contributed by atoms with van der Waals surface area (Å²) in [5, 5.41) is 15.8. The molecule has 0 unspecified atom stereocenters. The number of carbonyl (C=O) groups is 1. The number of nitrogens with one attached hydrogen (secondary N) is 1. The molecule has 0 aliphatic rings. The highest BCUT2D eigenvalue weighted by molar-refractivity contribution is 14.1. The van der Waals surface area contributed by atoms with Gasteiger partial charge in [0.2, 0.25) is 0 Å². The van der Waals surface area contributed by atoms with Gasteiger partial charge in [0.15, 0.2) is 6.61 Å². The number of amides is 1. The van der Waals surface area contributed by atoms with Crippen molar-refractivity contribution in [1.82, 2.24) is 5.43 Å². The molecule has 1 amide bonds. The molecular weight excluding hydrogens is 459 g/mol. The molecule has 0 heterocycles. The highest BCUT2D eigenvalue weighted by atomic mass is 127. The molecule has 3 aromatic rings. The summed E-state index contributed by atoms with van der Waals surface area (Å²) in [6.07, 6.45) is 1.42. The van der Waals surface area contributed by atoms with Gasteiger partial charge in [-0.1, -0.05) is 30.3 Å². The second kappa shape index (κ2) is 8.72. The third kappa shape index (κ3) is 4.68. The zero-order valence-electron chi connectivity index (χ0n) is 14.5. The number of hydrogen-bond donors (Lipinski definition) is 2. The molecule has 0 bridgehead atoms. The van der Waals surface area contributed by atoms with Crippen LogP contribution in [0.1, 0.15) is 5.56 Å². The molecule has 0 saturated carbocycles. The van der Waals surface area contributed by atoms with Crippen LogP contribution in [0.15, 0.2) is 59.7 Å². The lowest BCUT2D eigenvalue weighted by Gasteiger charge is -2.08. The lowest BCUT2D eigenvalue weighted by molar-refractivity contribution is -0.123. The van der Waals surface area contributed by atoms with Crippen molar-refractivity contribution in [2.75, 3.05) is 13.7 Å². The Balaban J connectivity index is 1.62. The molecule has 0 radical (unpaired) electrons. The van der Waals surface area contributed by atoms with Gasteiger partial charge in [0, 0.05) is 5.56 Å².